The lowest BCUT2D eigenvalue weighted by molar-refractivity contribution is -0.138. The molecule has 0 aliphatic rings. The third-order valence-electron chi connectivity index (χ3n) is 2.30. The van der Waals surface area contributed by atoms with E-state index in [0.717, 1.165) is 4.88 Å². The monoisotopic (exact) mass is 255 g/mol. The van der Waals surface area contributed by atoms with Crippen molar-refractivity contribution in [3.8, 4) is 0 Å². The molecule has 1 N–H and O–H groups in total. The summed E-state index contributed by atoms with van der Waals surface area (Å²) in [6, 6.07) is 3.60. The van der Waals surface area contributed by atoms with Crippen LogP contribution in [0.5, 0.6) is 0 Å². The molecule has 0 saturated heterocycles. The number of amides is 1. The molecule has 94 valence electrons. The number of rotatable bonds is 3. The zero-order chi connectivity index (χ0) is 13.2. The SMILES string of the molecule is Cc1ccc(C(=O)N(CC(=O)O)C(C)(C)C)s1. The fraction of sp³-hybridized carbons (Fsp3) is 0.500. The lowest BCUT2D eigenvalue weighted by Gasteiger charge is -2.34. The van der Waals surface area contributed by atoms with Gasteiger partial charge in [-0.05, 0) is 39.8 Å². The zero-order valence-corrected chi connectivity index (χ0v) is 11.3. The van der Waals surface area contributed by atoms with Crippen molar-refractivity contribution in [2.45, 2.75) is 33.2 Å². The highest BCUT2D eigenvalue weighted by Crippen LogP contribution is 2.22. The van der Waals surface area contributed by atoms with Crippen LogP contribution in [-0.4, -0.2) is 34.0 Å². The third-order valence-corrected chi connectivity index (χ3v) is 3.29. The number of aryl methyl sites for hydroxylation is 1. The number of hydrogen-bond donors (Lipinski definition) is 1. The fourth-order valence-electron chi connectivity index (χ4n) is 1.43. The van der Waals surface area contributed by atoms with Crippen LogP contribution in [0.1, 0.15) is 35.3 Å². The molecule has 0 aromatic carbocycles. The van der Waals surface area contributed by atoms with Gasteiger partial charge in [0, 0.05) is 10.4 Å². The number of carbonyl (C=O) groups is 2. The highest BCUT2D eigenvalue weighted by Gasteiger charge is 2.29. The summed E-state index contributed by atoms with van der Waals surface area (Å²) >= 11 is 1.38. The summed E-state index contributed by atoms with van der Waals surface area (Å²) in [5.41, 5.74) is -0.507. The normalized spacial score (nSPS) is 11.3. The van der Waals surface area contributed by atoms with Crippen LogP contribution in [0.4, 0.5) is 0 Å². The maximum atomic E-state index is 12.2. The van der Waals surface area contributed by atoms with Crippen molar-refractivity contribution in [3.05, 3.63) is 21.9 Å². The Hall–Kier alpha value is -1.36. The third kappa shape index (κ3) is 3.56. The van der Waals surface area contributed by atoms with Gasteiger partial charge in [0.2, 0.25) is 0 Å². The van der Waals surface area contributed by atoms with Gasteiger partial charge in [0.15, 0.2) is 0 Å². The molecule has 0 unspecified atom stereocenters. The minimum Gasteiger partial charge on any atom is -0.480 e. The van der Waals surface area contributed by atoms with Crippen molar-refractivity contribution in [2.24, 2.45) is 0 Å². The van der Waals surface area contributed by atoms with Crippen LogP contribution in [0.15, 0.2) is 12.1 Å². The average Bonchev–Trinajstić information content (AvgIpc) is 2.58. The first-order valence-corrected chi connectivity index (χ1v) is 6.13. The molecule has 0 atom stereocenters. The summed E-state index contributed by atoms with van der Waals surface area (Å²) in [5, 5.41) is 8.86. The number of carboxylic acid groups (broad SMARTS) is 1. The van der Waals surface area contributed by atoms with Crippen LogP contribution < -0.4 is 0 Å². The molecule has 0 fully saturated rings. The number of hydrogen-bond acceptors (Lipinski definition) is 3. The topological polar surface area (TPSA) is 57.6 Å². The average molecular weight is 255 g/mol. The van der Waals surface area contributed by atoms with E-state index in [1.165, 1.54) is 16.2 Å². The summed E-state index contributed by atoms with van der Waals surface area (Å²) < 4.78 is 0. The van der Waals surface area contributed by atoms with Gasteiger partial charge >= 0.3 is 5.97 Å². The van der Waals surface area contributed by atoms with Crippen molar-refractivity contribution in [2.75, 3.05) is 6.54 Å². The second-order valence-electron chi connectivity index (χ2n) is 4.87. The van der Waals surface area contributed by atoms with E-state index in [0.29, 0.717) is 4.88 Å². The number of carbonyl (C=O) groups excluding carboxylic acids is 1. The van der Waals surface area contributed by atoms with Crippen molar-refractivity contribution >= 4 is 23.2 Å². The Labute approximate surface area is 105 Å². The van der Waals surface area contributed by atoms with Crippen LogP contribution in [0.25, 0.3) is 0 Å². The standard InChI is InChI=1S/C12H17NO3S/c1-8-5-6-9(17-8)11(16)13(7-10(14)15)12(2,3)4/h5-6H,7H2,1-4H3,(H,14,15). The predicted octanol–water partition coefficient (Wildman–Crippen LogP) is 2.38. The van der Waals surface area contributed by atoms with Crippen molar-refractivity contribution in [1.29, 1.82) is 0 Å². The van der Waals surface area contributed by atoms with E-state index in [9.17, 15) is 9.59 Å². The van der Waals surface area contributed by atoms with Gasteiger partial charge in [0.05, 0.1) is 4.88 Å². The van der Waals surface area contributed by atoms with Crippen LogP contribution >= 0.6 is 11.3 Å². The van der Waals surface area contributed by atoms with Gasteiger partial charge in [0.1, 0.15) is 6.54 Å². The van der Waals surface area contributed by atoms with Gasteiger partial charge in [-0.2, -0.15) is 0 Å². The van der Waals surface area contributed by atoms with E-state index in [4.69, 9.17) is 5.11 Å². The molecule has 0 bridgehead atoms. The van der Waals surface area contributed by atoms with Crippen LogP contribution in [0, 0.1) is 6.92 Å². The van der Waals surface area contributed by atoms with Crippen molar-refractivity contribution in [3.63, 3.8) is 0 Å². The second kappa shape index (κ2) is 4.87. The molecule has 1 aromatic rings. The Morgan fingerprint density at radius 3 is 2.29 bits per heavy atom. The van der Waals surface area contributed by atoms with E-state index in [1.54, 1.807) is 6.07 Å². The fourth-order valence-corrected chi connectivity index (χ4v) is 2.25. The summed E-state index contributed by atoms with van der Waals surface area (Å²) in [6.07, 6.45) is 0. The number of carboxylic acids is 1. The van der Waals surface area contributed by atoms with E-state index in [1.807, 2.05) is 33.8 Å². The molecular weight excluding hydrogens is 238 g/mol. The quantitative estimate of drug-likeness (QED) is 0.902. The summed E-state index contributed by atoms with van der Waals surface area (Å²) in [5.74, 6) is -1.22. The molecule has 4 nitrogen and oxygen atoms in total. The van der Waals surface area contributed by atoms with Gasteiger partial charge in [0.25, 0.3) is 5.91 Å². The molecule has 0 spiro atoms. The minimum absolute atomic E-state index is 0.224. The molecule has 0 saturated carbocycles. The maximum absolute atomic E-state index is 12.2. The Morgan fingerprint density at radius 1 is 1.35 bits per heavy atom. The number of aliphatic carboxylic acids is 1. The highest BCUT2D eigenvalue weighted by molar-refractivity contribution is 7.13. The smallest absolute Gasteiger partial charge is 0.323 e. The van der Waals surface area contributed by atoms with Gasteiger partial charge in [-0.25, -0.2) is 0 Å². The molecule has 0 aliphatic heterocycles. The number of nitrogens with zero attached hydrogens (tertiary/aromatic N) is 1. The maximum Gasteiger partial charge on any atom is 0.323 e. The molecule has 1 aromatic heterocycles. The predicted molar refractivity (Wildman–Crippen MR) is 67.5 cm³/mol. The van der Waals surface area contributed by atoms with E-state index >= 15 is 0 Å². The van der Waals surface area contributed by atoms with Crippen molar-refractivity contribution in [1.82, 2.24) is 4.90 Å². The Bertz CT molecular complexity index is 431. The highest BCUT2D eigenvalue weighted by atomic mass is 32.1. The molecular formula is C12H17NO3S. The van der Waals surface area contributed by atoms with Crippen LogP contribution in [0.3, 0.4) is 0 Å². The van der Waals surface area contributed by atoms with Crippen molar-refractivity contribution < 1.29 is 14.7 Å². The summed E-state index contributed by atoms with van der Waals surface area (Å²) in [7, 11) is 0. The largest absolute Gasteiger partial charge is 0.480 e. The van der Waals surface area contributed by atoms with Crippen LogP contribution in [-0.2, 0) is 4.79 Å². The Morgan fingerprint density at radius 2 is 1.94 bits per heavy atom. The molecule has 1 rings (SSSR count). The van der Waals surface area contributed by atoms with Gasteiger partial charge < -0.3 is 10.0 Å². The molecule has 1 amide bonds. The first-order chi connectivity index (χ1) is 7.71. The van der Waals surface area contributed by atoms with Gasteiger partial charge in [-0.1, -0.05) is 0 Å². The number of thiophene rings is 1. The van der Waals surface area contributed by atoms with Crippen LogP contribution in [0.2, 0.25) is 0 Å². The molecule has 0 radical (unpaired) electrons. The summed E-state index contributed by atoms with van der Waals surface area (Å²) in [6.45, 7) is 7.12. The van der Waals surface area contributed by atoms with E-state index in [2.05, 4.69) is 0 Å². The summed E-state index contributed by atoms with van der Waals surface area (Å²) in [4.78, 5) is 26.0. The van der Waals surface area contributed by atoms with Gasteiger partial charge in [-0.3, -0.25) is 9.59 Å². The van der Waals surface area contributed by atoms with Gasteiger partial charge in [-0.15, -0.1) is 11.3 Å². The molecule has 17 heavy (non-hydrogen) atoms. The van der Waals surface area contributed by atoms with E-state index in [-0.39, 0.29) is 12.5 Å². The Kier molecular flexibility index (Phi) is 3.93. The lowest BCUT2D eigenvalue weighted by atomic mass is 10.1. The molecule has 1 heterocycles. The second-order valence-corrected chi connectivity index (χ2v) is 6.15. The van der Waals surface area contributed by atoms with E-state index < -0.39 is 11.5 Å². The molecule has 0 aliphatic carbocycles. The lowest BCUT2D eigenvalue weighted by Crippen LogP contribution is -2.48. The first-order valence-electron chi connectivity index (χ1n) is 5.32. The minimum atomic E-state index is -0.999. The Balaban J connectivity index is 2.99. The first kappa shape index (κ1) is 13.7. The molecule has 5 heteroatoms. The zero-order valence-electron chi connectivity index (χ0n) is 10.5.